The molecule has 1 aromatic carbocycles. The first kappa shape index (κ1) is 18.7. The molecular weight excluding hydrogens is 332 g/mol. The maximum atomic E-state index is 12.2. The van der Waals surface area contributed by atoms with Gasteiger partial charge in [-0.1, -0.05) is 0 Å². The van der Waals surface area contributed by atoms with E-state index in [1.807, 2.05) is 13.8 Å². The van der Waals surface area contributed by atoms with Crippen LogP contribution in [0.2, 0.25) is 0 Å². The van der Waals surface area contributed by atoms with Crippen molar-refractivity contribution in [3.8, 4) is 5.75 Å². The van der Waals surface area contributed by atoms with E-state index in [-0.39, 0.29) is 36.0 Å². The second kappa shape index (κ2) is 7.96. The number of sulfonamides is 1. The van der Waals surface area contributed by atoms with Gasteiger partial charge < -0.3 is 14.4 Å². The predicted molar refractivity (Wildman–Crippen MR) is 89.4 cm³/mol. The zero-order chi connectivity index (χ0) is 17.7. The minimum absolute atomic E-state index is 0.00584. The number of nitrogens with zero attached hydrogens (tertiary/aromatic N) is 1. The Bertz CT molecular complexity index is 650. The second-order valence-corrected chi connectivity index (χ2v) is 7.65. The van der Waals surface area contributed by atoms with E-state index in [0.717, 1.165) is 0 Å². The van der Waals surface area contributed by atoms with Crippen LogP contribution < -0.4 is 9.46 Å². The van der Waals surface area contributed by atoms with E-state index in [9.17, 15) is 13.2 Å². The third-order valence-corrected chi connectivity index (χ3v) is 5.25. The van der Waals surface area contributed by atoms with Crippen LogP contribution in [0, 0.1) is 0 Å². The smallest absolute Gasteiger partial charge is 0.240 e. The van der Waals surface area contributed by atoms with Crippen molar-refractivity contribution >= 4 is 15.9 Å². The third kappa shape index (κ3) is 4.93. The number of methoxy groups -OCH3 is 1. The molecule has 0 saturated carbocycles. The van der Waals surface area contributed by atoms with Gasteiger partial charge in [0.2, 0.25) is 15.9 Å². The van der Waals surface area contributed by atoms with Crippen LogP contribution in [0.1, 0.15) is 20.3 Å². The van der Waals surface area contributed by atoms with Crippen molar-refractivity contribution in [1.82, 2.24) is 9.62 Å². The quantitative estimate of drug-likeness (QED) is 0.822. The maximum absolute atomic E-state index is 12.2. The molecule has 0 aliphatic carbocycles. The fraction of sp³-hybridized carbons (Fsp3) is 0.562. The van der Waals surface area contributed by atoms with E-state index in [2.05, 4.69) is 4.72 Å². The molecule has 1 saturated heterocycles. The average Bonchev–Trinajstić information content (AvgIpc) is 2.53. The topological polar surface area (TPSA) is 84.9 Å². The molecule has 1 N–H and O–H groups in total. The zero-order valence-corrected chi connectivity index (χ0v) is 15.0. The zero-order valence-electron chi connectivity index (χ0n) is 14.2. The molecule has 134 valence electrons. The first-order valence-corrected chi connectivity index (χ1v) is 9.37. The Morgan fingerprint density at radius 2 is 1.83 bits per heavy atom. The van der Waals surface area contributed by atoms with Gasteiger partial charge in [0.1, 0.15) is 5.75 Å². The molecule has 8 heteroatoms. The molecule has 2 rings (SSSR count). The van der Waals surface area contributed by atoms with Crippen LogP contribution in [0.5, 0.6) is 5.75 Å². The van der Waals surface area contributed by atoms with E-state index in [0.29, 0.717) is 18.8 Å². The number of benzene rings is 1. The van der Waals surface area contributed by atoms with Gasteiger partial charge >= 0.3 is 0 Å². The molecule has 1 fully saturated rings. The van der Waals surface area contributed by atoms with Crippen LogP contribution in [0.15, 0.2) is 29.2 Å². The summed E-state index contributed by atoms with van der Waals surface area (Å²) in [5.74, 6) is 0.508. The van der Waals surface area contributed by atoms with Crippen LogP contribution in [-0.2, 0) is 19.6 Å². The Balaban J connectivity index is 1.86. The number of nitrogens with one attached hydrogen (secondary N) is 1. The first-order valence-electron chi connectivity index (χ1n) is 7.89. The van der Waals surface area contributed by atoms with Crippen LogP contribution >= 0.6 is 0 Å². The summed E-state index contributed by atoms with van der Waals surface area (Å²) in [5.41, 5.74) is 0. The summed E-state index contributed by atoms with van der Waals surface area (Å²) >= 11 is 0. The van der Waals surface area contributed by atoms with Crippen LogP contribution in [0.4, 0.5) is 0 Å². The Hall–Kier alpha value is -1.64. The van der Waals surface area contributed by atoms with Crippen molar-refractivity contribution < 1.29 is 22.7 Å². The van der Waals surface area contributed by atoms with Gasteiger partial charge in [0.15, 0.2) is 0 Å². The van der Waals surface area contributed by atoms with Crippen molar-refractivity contribution in [3.63, 3.8) is 0 Å². The molecule has 1 amide bonds. The summed E-state index contributed by atoms with van der Waals surface area (Å²) in [6.45, 7) is 4.97. The average molecular weight is 356 g/mol. The maximum Gasteiger partial charge on any atom is 0.240 e. The monoisotopic (exact) mass is 356 g/mol. The highest BCUT2D eigenvalue weighted by Gasteiger charge is 2.25. The van der Waals surface area contributed by atoms with Gasteiger partial charge in [0, 0.05) is 26.1 Å². The fourth-order valence-corrected chi connectivity index (χ4v) is 3.70. The Labute approximate surface area is 143 Å². The third-order valence-electron chi connectivity index (χ3n) is 3.77. The van der Waals surface area contributed by atoms with Crippen LogP contribution in [0.3, 0.4) is 0 Å². The first-order chi connectivity index (χ1) is 11.3. The SMILES string of the molecule is COc1ccc(S(=O)(=O)NCCC(=O)N2CC(C)OC(C)C2)cc1. The lowest BCUT2D eigenvalue weighted by molar-refractivity contribution is -0.143. The van der Waals surface area contributed by atoms with Crippen LogP contribution in [-0.4, -0.2) is 58.2 Å². The molecule has 7 nitrogen and oxygen atoms in total. The van der Waals surface area contributed by atoms with Gasteiger partial charge in [0.25, 0.3) is 0 Å². The molecule has 0 spiro atoms. The highest BCUT2D eigenvalue weighted by atomic mass is 32.2. The van der Waals surface area contributed by atoms with Crippen molar-refractivity contribution in [2.45, 2.75) is 37.4 Å². The molecular formula is C16H24N2O5S. The normalized spacial score (nSPS) is 21.5. The number of hydrogen-bond acceptors (Lipinski definition) is 5. The number of ether oxygens (including phenoxy) is 2. The summed E-state index contributed by atoms with van der Waals surface area (Å²) in [6.07, 6.45) is 0.108. The Morgan fingerprint density at radius 1 is 1.25 bits per heavy atom. The molecule has 1 aliphatic heterocycles. The number of rotatable bonds is 6. The fourth-order valence-electron chi connectivity index (χ4n) is 2.67. The summed E-state index contributed by atoms with van der Waals surface area (Å²) in [4.78, 5) is 14.1. The lowest BCUT2D eigenvalue weighted by Gasteiger charge is -2.35. The highest BCUT2D eigenvalue weighted by molar-refractivity contribution is 7.89. The molecule has 2 unspecified atom stereocenters. The van der Waals surface area contributed by atoms with E-state index < -0.39 is 10.0 Å². The van der Waals surface area contributed by atoms with E-state index in [1.54, 1.807) is 17.0 Å². The molecule has 1 aliphatic rings. The van der Waals surface area contributed by atoms with Crippen molar-refractivity contribution in [2.75, 3.05) is 26.7 Å². The lowest BCUT2D eigenvalue weighted by Crippen LogP contribution is -2.48. The second-order valence-electron chi connectivity index (χ2n) is 5.88. The van der Waals surface area contributed by atoms with E-state index in [4.69, 9.17) is 9.47 Å². The lowest BCUT2D eigenvalue weighted by atomic mass is 10.2. The molecule has 24 heavy (non-hydrogen) atoms. The van der Waals surface area contributed by atoms with Gasteiger partial charge in [-0.15, -0.1) is 0 Å². The number of carbonyl (C=O) groups is 1. The van der Waals surface area contributed by atoms with Crippen molar-refractivity contribution in [3.05, 3.63) is 24.3 Å². The van der Waals surface area contributed by atoms with Gasteiger partial charge in [-0.25, -0.2) is 13.1 Å². The number of amides is 1. The Kier molecular flexibility index (Phi) is 6.20. The predicted octanol–water partition coefficient (Wildman–Crippen LogP) is 0.999. The number of hydrogen-bond donors (Lipinski definition) is 1. The number of morpholine rings is 1. The molecule has 1 heterocycles. The standard InChI is InChI=1S/C16H24N2O5S/c1-12-10-18(11-13(2)23-12)16(19)8-9-17-24(20,21)15-6-4-14(22-3)5-7-15/h4-7,12-13,17H,8-11H2,1-3H3. The summed E-state index contributed by atoms with van der Waals surface area (Å²) in [6, 6.07) is 6.09. The molecule has 1 aromatic rings. The summed E-state index contributed by atoms with van der Waals surface area (Å²) in [5, 5.41) is 0. The van der Waals surface area contributed by atoms with Crippen molar-refractivity contribution in [2.24, 2.45) is 0 Å². The van der Waals surface area contributed by atoms with Gasteiger partial charge in [-0.05, 0) is 38.1 Å². The summed E-state index contributed by atoms with van der Waals surface area (Å²) < 4.78 is 37.4. The minimum atomic E-state index is -3.63. The van der Waals surface area contributed by atoms with Crippen molar-refractivity contribution in [1.29, 1.82) is 0 Å². The van der Waals surface area contributed by atoms with Gasteiger partial charge in [-0.2, -0.15) is 0 Å². The van der Waals surface area contributed by atoms with Crippen LogP contribution in [0.25, 0.3) is 0 Å². The largest absolute Gasteiger partial charge is 0.497 e. The van der Waals surface area contributed by atoms with E-state index in [1.165, 1.54) is 19.2 Å². The molecule has 0 aromatic heterocycles. The van der Waals surface area contributed by atoms with Gasteiger partial charge in [0.05, 0.1) is 24.2 Å². The molecule has 2 atom stereocenters. The van der Waals surface area contributed by atoms with Gasteiger partial charge in [-0.3, -0.25) is 4.79 Å². The summed E-state index contributed by atoms with van der Waals surface area (Å²) in [7, 11) is -2.12. The number of carbonyl (C=O) groups excluding carboxylic acids is 1. The minimum Gasteiger partial charge on any atom is -0.497 e. The molecule has 0 radical (unpaired) electrons. The van der Waals surface area contributed by atoms with E-state index >= 15 is 0 Å². The highest BCUT2D eigenvalue weighted by Crippen LogP contribution is 2.15. The Morgan fingerprint density at radius 3 is 2.38 bits per heavy atom. The molecule has 0 bridgehead atoms.